The van der Waals surface area contributed by atoms with E-state index in [1.807, 2.05) is 31.2 Å². The van der Waals surface area contributed by atoms with Crippen LogP contribution in [0.25, 0.3) is 0 Å². The van der Waals surface area contributed by atoms with E-state index in [0.29, 0.717) is 22.1 Å². The molecule has 2 aromatic rings. The Balaban J connectivity index is 2.00. The highest BCUT2D eigenvalue weighted by Gasteiger charge is 2.13. The number of methoxy groups -OCH3 is 1. The maximum absolute atomic E-state index is 12.3. The first-order valence-electron chi connectivity index (χ1n) is 8.14. The second-order valence-electron chi connectivity index (χ2n) is 5.77. The average Bonchev–Trinajstić information content (AvgIpc) is 2.60. The van der Waals surface area contributed by atoms with Crippen LogP contribution in [0.3, 0.4) is 0 Å². The van der Waals surface area contributed by atoms with Crippen LogP contribution in [-0.4, -0.2) is 25.5 Å². The van der Waals surface area contributed by atoms with Crippen molar-refractivity contribution in [2.75, 3.05) is 24.3 Å². The molecule has 0 aliphatic heterocycles. The van der Waals surface area contributed by atoms with Gasteiger partial charge in [0.1, 0.15) is 5.75 Å². The number of rotatable bonds is 7. The van der Waals surface area contributed by atoms with Gasteiger partial charge in [0.05, 0.1) is 19.3 Å². The van der Waals surface area contributed by atoms with Crippen molar-refractivity contribution in [1.29, 1.82) is 0 Å². The summed E-state index contributed by atoms with van der Waals surface area (Å²) in [5.74, 6) is 0.0801. The fraction of sp³-hybridized carbons (Fsp3) is 0.263. The Hall–Kier alpha value is -2.57. The van der Waals surface area contributed by atoms with Crippen LogP contribution in [0.15, 0.2) is 42.5 Å². The third kappa shape index (κ3) is 5.47. The number of carbonyl (C=O) groups excluding carboxylic acids is 2. The highest BCUT2D eigenvalue weighted by atomic mass is 35.5. The van der Waals surface area contributed by atoms with Gasteiger partial charge in [-0.25, -0.2) is 0 Å². The van der Waals surface area contributed by atoms with Crippen molar-refractivity contribution < 1.29 is 14.3 Å². The number of anilines is 2. The Morgan fingerprint density at radius 3 is 2.54 bits per heavy atom. The predicted octanol–water partition coefficient (Wildman–Crippen LogP) is 3.60. The molecule has 0 fully saturated rings. The van der Waals surface area contributed by atoms with Crippen LogP contribution >= 0.6 is 11.6 Å². The lowest BCUT2D eigenvalue weighted by Gasteiger charge is -2.16. The van der Waals surface area contributed by atoms with Gasteiger partial charge in [0.2, 0.25) is 11.8 Å². The van der Waals surface area contributed by atoms with Crippen LogP contribution in [0.1, 0.15) is 25.5 Å². The molecule has 0 aliphatic carbocycles. The molecular weight excluding hydrogens is 354 g/mol. The molecule has 1 atom stereocenters. The van der Waals surface area contributed by atoms with Gasteiger partial charge in [0.15, 0.2) is 0 Å². The van der Waals surface area contributed by atoms with Gasteiger partial charge in [0.25, 0.3) is 0 Å². The number of amides is 2. The van der Waals surface area contributed by atoms with Crippen molar-refractivity contribution in [3.05, 3.63) is 53.1 Å². The molecular formula is C19H22ClN3O3. The van der Waals surface area contributed by atoms with E-state index in [0.717, 1.165) is 5.56 Å². The first-order chi connectivity index (χ1) is 12.4. The molecule has 0 saturated carbocycles. The maximum atomic E-state index is 12.3. The van der Waals surface area contributed by atoms with Gasteiger partial charge in [-0.1, -0.05) is 29.8 Å². The standard InChI is InChI=1S/C19H22ClN3O3/c1-12(15-6-4-5-7-16(15)20)21-11-19(25)23-17-10-14(22-13(2)24)8-9-18(17)26-3/h4-10,12,21H,11H2,1-3H3,(H,22,24)(H,23,25)/t12-/m0/s1. The lowest BCUT2D eigenvalue weighted by atomic mass is 10.1. The van der Waals surface area contributed by atoms with Crippen LogP contribution < -0.4 is 20.7 Å². The molecule has 0 bridgehead atoms. The maximum Gasteiger partial charge on any atom is 0.238 e. The highest BCUT2D eigenvalue weighted by molar-refractivity contribution is 6.31. The number of benzene rings is 2. The molecule has 0 unspecified atom stereocenters. The second kappa shape index (κ2) is 9.22. The van der Waals surface area contributed by atoms with Crippen LogP contribution in [0.2, 0.25) is 5.02 Å². The van der Waals surface area contributed by atoms with E-state index in [9.17, 15) is 9.59 Å². The van der Waals surface area contributed by atoms with Gasteiger partial charge in [-0.3, -0.25) is 9.59 Å². The Bertz CT molecular complexity index is 795. The average molecular weight is 376 g/mol. The smallest absolute Gasteiger partial charge is 0.238 e. The van der Waals surface area contributed by atoms with Crippen molar-refractivity contribution in [1.82, 2.24) is 5.32 Å². The number of halogens is 1. The quantitative estimate of drug-likeness (QED) is 0.690. The zero-order valence-electron chi connectivity index (χ0n) is 14.9. The molecule has 0 aromatic heterocycles. The fourth-order valence-corrected chi connectivity index (χ4v) is 2.76. The summed E-state index contributed by atoms with van der Waals surface area (Å²) in [6.45, 7) is 3.45. The third-order valence-electron chi connectivity index (χ3n) is 3.73. The van der Waals surface area contributed by atoms with E-state index in [4.69, 9.17) is 16.3 Å². The van der Waals surface area contributed by atoms with Crippen molar-refractivity contribution >= 4 is 34.8 Å². The predicted molar refractivity (Wildman–Crippen MR) is 104 cm³/mol. The minimum absolute atomic E-state index is 0.0814. The molecule has 0 heterocycles. The van der Waals surface area contributed by atoms with E-state index in [1.165, 1.54) is 14.0 Å². The van der Waals surface area contributed by atoms with E-state index in [-0.39, 0.29) is 24.4 Å². The van der Waals surface area contributed by atoms with Gasteiger partial charge < -0.3 is 20.7 Å². The summed E-state index contributed by atoms with van der Waals surface area (Å²) < 4.78 is 5.25. The van der Waals surface area contributed by atoms with Crippen molar-refractivity contribution in [2.45, 2.75) is 19.9 Å². The first-order valence-corrected chi connectivity index (χ1v) is 8.51. The van der Waals surface area contributed by atoms with E-state index >= 15 is 0 Å². The number of hydrogen-bond acceptors (Lipinski definition) is 4. The number of hydrogen-bond donors (Lipinski definition) is 3. The first kappa shape index (κ1) is 19.8. The number of nitrogens with one attached hydrogen (secondary N) is 3. The van der Waals surface area contributed by atoms with Crippen LogP contribution in [0, 0.1) is 0 Å². The van der Waals surface area contributed by atoms with Gasteiger partial charge in [0, 0.05) is 23.7 Å². The normalized spacial score (nSPS) is 11.5. The van der Waals surface area contributed by atoms with Gasteiger partial charge in [-0.05, 0) is 36.8 Å². The van der Waals surface area contributed by atoms with Crippen molar-refractivity contribution in [2.24, 2.45) is 0 Å². The molecule has 0 saturated heterocycles. The van der Waals surface area contributed by atoms with Crippen molar-refractivity contribution in [3.63, 3.8) is 0 Å². The zero-order valence-corrected chi connectivity index (χ0v) is 15.7. The summed E-state index contributed by atoms with van der Waals surface area (Å²) in [5.41, 5.74) is 1.98. The number of carbonyl (C=O) groups is 2. The summed E-state index contributed by atoms with van der Waals surface area (Å²) in [7, 11) is 1.51. The third-order valence-corrected chi connectivity index (χ3v) is 4.08. The van der Waals surface area contributed by atoms with Crippen LogP contribution in [0.4, 0.5) is 11.4 Å². The SMILES string of the molecule is COc1ccc(NC(C)=O)cc1NC(=O)CN[C@@H](C)c1ccccc1Cl. The van der Waals surface area contributed by atoms with Gasteiger partial charge in [-0.2, -0.15) is 0 Å². The van der Waals surface area contributed by atoms with Gasteiger partial charge in [-0.15, -0.1) is 0 Å². The lowest BCUT2D eigenvalue weighted by molar-refractivity contribution is -0.115. The molecule has 0 aliphatic rings. The fourth-order valence-electron chi connectivity index (χ4n) is 2.46. The summed E-state index contributed by atoms with van der Waals surface area (Å²) >= 11 is 6.17. The number of ether oxygens (including phenoxy) is 1. The Labute approximate surface area is 157 Å². The molecule has 2 rings (SSSR count). The van der Waals surface area contributed by atoms with E-state index in [1.54, 1.807) is 18.2 Å². The Morgan fingerprint density at radius 2 is 1.88 bits per heavy atom. The Kier molecular flexibility index (Phi) is 7.00. The lowest BCUT2D eigenvalue weighted by Crippen LogP contribution is -2.30. The molecule has 138 valence electrons. The minimum atomic E-state index is -0.234. The van der Waals surface area contributed by atoms with Gasteiger partial charge >= 0.3 is 0 Å². The Morgan fingerprint density at radius 1 is 1.15 bits per heavy atom. The van der Waals surface area contributed by atoms with E-state index in [2.05, 4.69) is 16.0 Å². The van der Waals surface area contributed by atoms with E-state index < -0.39 is 0 Å². The monoisotopic (exact) mass is 375 g/mol. The van der Waals surface area contributed by atoms with Crippen LogP contribution in [0.5, 0.6) is 5.75 Å². The summed E-state index contributed by atoms with van der Waals surface area (Å²) in [6, 6.07) is 12.4. The molecule has 2 aromatic carbocycles. The van der Waals surface area contributed by atoms with Crippen LogP contribution in [-0.2, 0) is 9.59 Å². The second-order valence-corrected chi connectivity index (χ2v) is 6.18. The topological polar surface area (TPSA) is 79.5 Å². The molecule has 26 heavy (non-hydrogen) atoms. The zero-order chi connectivity index (χ0) is 19.1. The minimum Gasteiger partial charge on any atom is -0.495 e. The summed E-state index contributed by atoms with van der Waals surface area (Å²) in [5, 5.41) is 9.24. The molecule has 3 N–H and O–H groups in total. The molecule has 6 nitrogen and oxygen atoms in total. The molecule has 2 amide bonds. The summed E-state index contributed by atoms with van der Waals surface area (Å²) in [6.07, 6.45) is 0. The summed E-state index contributed by atoms with van der Waals surface area (Å²) in [4.78, 5) is 23.5. The largest absolute Gasteiger partial charge is 0.495 e. The molecule has 0 radical (unpaired) electrons. The molecule has 0 spiro atoms. The molecule has 7 heteroatoms. The highest BCUT2D eigenvalue weighted by Crippen LogP contribution is 2.28. The van der Waals surface area contributed by atoms with Crippen molar-refractivity contribution in [3.8, 4) is 5.75 Å².